The SMILES string of the molecule is CCOP(=O)(NCc1cccnc1)Oc1c(Cl)c(Cl)c(Cl)c(Cl)c1Cl. The van der Waals surface area contributed by atoms with Gasteiger partial charge < -0.3 is 4.52 Å². The van der Waals surface area contributed by atoms with Crippen molar-refractivity contribution < 1.29 is 13.6 Å². The molecule has 1 unspecified atom stereocenters. The molecular weight excluding hydrogens is 452 g/mol. The average Bonchev–Trinajstić information content (AvgIpc) is 2.62. The summed E-state index contributed by atoms with van der Waals surface area (Å²) in [6.07, 6.45) is 3.23. The van der Waals surface area contributed by atoms with Gasteiger partial charge in [-0.2, -0.15) is 0 Å². The van der Waals surface area contributed by atoms with E-state index in [1.807, 2.05) is 0 Å². The first-order valence-electron chi connectivity index (χ1n) is 6.88. The lowest BCUT2D eigenvalue weighted by Gasteiger charge is -2.21. The molecule has 0 aliphatic carbocycles. The molecule has 0 radical (unpaired) electrons. The molecular formula is C14H12Cl5N2O3P. The summed E-state index contributed by atoms with van der Waals surface area (Å²) >= 11 is 30.1. The van der Waals surface area contributed by atoms with Crippen LogP contribution in [0.15, 0.2) is 24.5 Å². The van der Waals surface area contributed by atoms with Crippen LogP contribution in [0.1, 0.15) is 12.5 Å². The summed E-state index contributed by atoms with van der Waals surface area (Å²) in [6.45, 7) is 1.95. The molecule has 0 aliphatic rings. The minimum atomic E-state index is -3.82. The normalized spacial score (nSPS) is 13.5. The zero-order chi connectivity index (χ0) is 18.6. The minimum absolute atomic E-state index is 0.0276. The van der Waals surface area contributed by atoms with E-state index in [1.165, 1.54) is 0 Å². The topological polar surface area (TPSA) is 60.5 Å². The van der Waals surface area contributed by atoms with Crippen LogP contribution in [0.5, 0.6) is 5.75 Å². The number of halogens is 5. The Morgan fingerprint density at radius 3 is 2.20 bits per heavy atom. The molecule has 1 N–H and O–H groups in total. The first kappa shape index (κ1) is 21.1. The highest BCUT2D eigenvalue weighted by Crippen LogP contribution is 2.54. The molecule has 1 aromatic heterocycles. The average molecular weight is 465 g/mol. The second-order valence-electron chi connectivity index (χ2n) is 4.60. The van der Waals surface area contributed by atoms with Crippen molar-refractivity contribution in [1.29, 1.82) is 0 Å². The zero-order valence-electron chi connectivity index (χ0n) is 12.7. The predicted molar refractivity (Wildman–Crippen MR) is 102 cm³/mol. The standard InChI is InChI=1S/C14H12Cl5N2O3P/c1-2-23-25(22,21-7-8-4-3-5-20-6-8)24-14-12(18)10(16)9(15)11(17)13(14)19/h3-6H,2,7H2,1H3,(H,21,22). The Morgan fingerprint density at radius 1 is 1.08 bits per heavy atom. The highest BCUT2D eigenvalue weighted by molar-refractivity contribution is 7.52. The van der Waals surface area contributed by atoms with Gasteiger partial charge in [-0.25, -0.2) is 9.65 Å². The summed E-state index contributed by atoms with van der Waals surface area (Å²) in [6, 6.07) is 3.54. The third-order valence-corrected chi connectivity index (χ3v) is 6.69. The van der Waals surface area contributed by atoms with Crippen molar-refractivity contribution >= 4 is 65.8 Å². The summed E-state index contributed by atoms with van der Waals surface area (Å²) in [4.78, 5) is 3.97. The number of aromatic nitrogens is 1. The van der Waals surface area contributed by atoms with E-state index in [9.17, 15) is 4.57 Å². The van der Waals surface area contributed by atoms with E-state index in [2.05, 4.69) is 10.1 Å². The van der Waals surface area contributed by atoms with Crippen molar-refractivity contribution in [3.05, 3.63) is 55.2 Å². The van der Waals surface area contributed by atoms with Crippen molar-refractivity contribution in [3.8, 4) is 5.75 Å². The van der Waals surface area contributed by atoms with E-state index in [0.717, 1.165) is 5.56 Å². The van der Waals surface area contributed by atoms with Gasteiger partial charge in [-0.15, -0.1) is 0 Å². The molecule has 0 aliphatic heterocycles. The molecule has 0 spiro atoms. The van der Waals surface area contributed by atoms with Gasteiger partial charge in [-0.05, 0) is 18.6 Å². The molecule has 5 nitrogen and oxygen atoms in total. The Labute approximate surface area is 170 Å². The zero-order valence-corrected chi connectivity index (χ0v) is 17.4. The van der Waals surface area contributed by atoms with Gasteiger partial charge in [-0.3, -0.25) is 9.51 Å². The second-order valence-corrected chi connectivity index (χ2v) is 8.24. The van der Waals surface area contributed by atoms with Crippen LogP contribution in [0.2, 0.25) is 25.1 Å². The Bertz CT molecular complexity index is 778. The van der Waals surface area contributed by atoms with Crippen LogP contribution in [-0.4, -0.2) is 11.6 Å². The van der Waals surface area contributed by atoms with Crippen molar-refractivity contribution in [1.82, 2.24) is 10.1 Å². The van der Waals surface area contributed by atoms with Crippen molar-refractivity contribution in [2.45, 2.75) is 13.5 Å². The molecule has 0 fully saturated rings. The predicted octanol–water partition coefficient (Wildman–Crippen LogP) is 6.66. The molecule has 136 valence electrons. The molecule has 0 saturated heterocycles. The molecule has 0 amide bonds. The monoisotopic (exact) mass is 462 g/mol. The number of pyridine rings is 1. The first-order chi connectivity index (χ1) is 11.8. The number of nitrogens with zero attached hydrogens (tertiary/aromatic N) is 1. The van der Waals surface area contributed by atoms with Gasteiger partial charge >= 0.3 is 7.75 Å². The fourth-order valence-corrected chi connectivity index (χ4v) is 4.40. The number of benzene rings is 1. The van der Waals surface area contributed by atoms with E-state index in [-0.39, 0.29) is 44.0 Å². The number of rotatable bonds is 7. The van der Waals surface area contributed by atoms with Gasteiger partial charge in [0.05, 0.1) is 21.7 Å². The van der Waals surface area contributed by atoms with Gasteiger partial charge in [0.1, 0.15) is 10.0 Å². The quantitative estimate of drug-likeness (QED) is 0.282. The molecule has 11 heteroatoms. The molecule has 0 bridgehead atoms. The van der Waals surface area contributed by atoms with Crippen LogP contribution in [0, 0.1) is 0 Å². The Morgan fingerprint density at radius 2 is 1.68 bits per heavy atom. The smallest absolute Gasteiger partial charge is 0.410 e. The van der Waals surface area contributed by atoms with Crippen LogP contribution in [0.4, 0.5) is 0 Å². The molecule has 2 rings (SSSR count). The van der Waals surface area contributed by atoms with E-state index in [4.69, 9.17) is 67.1 Å². The van der Waals surface area contributed by atoms with E-state index in [0.29, 0.717) is 0 Å². The highest BCUT2D eigenvalue weighted by Gasteiger charge is 2.30. The fourth-order valence-electron chi connectivity index (χ4n) is 1.75. The molecule has 1 atom stereocenters. The van der Waals surface area contributed by atoms with Crippen LogP contribution in [0.25, 0.3) is 0 Å². The molecule has 1 aromatic carbocycles. The largest absolute Gasteiger partial charge is 0.459 e. The van der Waals surface area contributed by atoms with Gasteiger partial charge in [0.25, 0.3) is 0 Å². The lowest BCUT2D eigenvalue weighted by Crippen LogP contribution is -2.17. The maximum absolute atomic E-state index is 13.0. The summed E-state index contributed by atoms with van der Waals surface area (Å²) in [5, 5.41) is 2.30. The lowest BCUT2D eigenvalue weighted by atomic mass is 10.3. The van der Waals surface area contributed by atoms with Crippen LogP contribution in [-0.2, 0) is 15.6 Å². The summed E-state index contributed by atoms with van der Waals surface area (Å²) in [5.41, 5.74) is 0.774. The van der Waals surface area contributed by atoms with Crippen LogP contribution < -0.4 is 9.61 Å². The Hall–Kier alpha value is -0.230. The molecule has 25 heavy (non-hydrogen) atoms. The van der Waals surface area contributed by atoms with Crippen LogP contribution in [0.3, 0.4) is 0 Å². The summed E-state index contributed by atoms with van der Waals surface area (Å²) < 4.78 is 23.6. The second kappa shape index (κ2) is 9.12. The van der Waals surface area contributed by atoms with Gasteiger partial charge in [0.2, 0.25) is 0 Å². The molecule has 2 aromatic rings. The van der Waals surface area contributed by atoms with E-state index < -0.39 is 7.75 Å². The van der Waals surface area contributed by atoms with Gasteiger partial charge in [0, 0.05) is 18.9 Å². The number of nitrogens with one attached hydrogen (secondary N) is 1. The summed E-state index contributed by atoms with van der Waals surface area (Å²) in [5.74, 6) is -0.182. The van der Waals surface area contributed by atoms with Crippen molar-refractivity contribution in [2.24, 2.45) is 0 Å². The molecule has 0 saturated carbocycles. The third kappa shape index (κ3) is 5.15. The minimum Gasteiger partial charge on any atom is -0.410 e. The lowest BCUT2D eigenvalue weighted by molar-refractivity contribution is 0.268. The van der Waals surface area contributed by atoms with Crippen molar-refractivity contribution in [2.75, 3.05) is 6.61 Å². The number of hydrogen-bond donors (Lipinski definition) is 1. The number of hydrogen-bond acceptors (Lipinski definition) is 4. The summed E-state index contributed by atoms with van der Waals surface area (Å²) in [7, 11) is -3.82. The fraction of sp³-hybridized carbons (Fsp3) is 0.214. The molecule has 1 heterocycles. The van der Waals surface area contributed by atoms with Gasteiger partial charge in [0.15, 0.2) is 5.75 Å². The van der Waals surface area contributed by atoms with Crippen LogP contribution >= 0.6 is 65.8 Å². The van der Waals surface area contributed by atoms with E-state index >= 15 is 0 Å². The maximum Gasteiger partial charge on any atom is 0.459 e. The van der Waals surface area contributed by atoms with E-state index in [1.54, 1.807) is 31.5 Å². The van der Waals surface area contributed by atoms with Crippen molar-refractivity contribution in [3.63, 3.8) is 0 Å². The Kier molecular flexibility index (Phi) is 7.68. The maximum atomic E-state index is 13.0. The third-order valence-electron chi connectivity index (χ3n) is 2.88. The Balaban J connectivity index is 2.31. The van der Waals surface area contributed by atoms with Gasteiger partial charge in [-0.1, -0.05) is 64.1 Å². The highest BCUT2D eigenvalue weighted by atomic mass is 35.5. The first-order valence-corrected chi connectivity index (χ1v) is 10.3.